The Labute approximate surface area is 115 Å². The van der Waals surface area contributed by atoms with Crippen LogP contribution in [0.15, 0.2) is 23.9 Å². The second-order valence-corrected chi connectivity index (χ2v) is 5.62. The van der Waals surface area contributed by atoms with Crippen LogP contribution in [-0.4, -0.2) is 41.5 Å². The van der Waals surface area contributed by atoms with Crippen LogP contribution in [0.5, 0.6) is 0 Å². The molecule has 19 heavy (non-hydrogen) atoms. The van der Waals surface area contributed by atoms with Gasteiger partial charge in [0.25, 0.3) is 5.78 Å². The minimum atomic E-state index is -4.79. The summed E-state index contributed by atoms with van der Waals surface area (Å²) < 4.78 is 36.5. The fourth-order valence-electron chi connectivity index (χ4n) is 1.77. The Balaban J connectivity index is 2.80. The van der Waals surface area contributed by atoms with Crippen molar-refractivity contribution in [2.24, 2.45) is 0 Å². The first kappa shape index (κ1) is 16.1. The Morgan fingerprint density at radius 3 is 2.32 bits per heavy atom. The number of hydrogen-bond acceptors (Lipinski definition) is 3. The monoisotopic (exact) mass is 293 g/mol. The average molecular weight is 293 g/mol. The molecule has 0 spiro atoms. The number of hydrogen-bond donors (Lipinski definition) is 0. The van der Waals surface area contributed by atoms with Crippen molar-refractivity contribution in [3.05, 3.63) is 23.9 Å². The Kier molecular flexibility index (Phi) is 5.97. The maximum atomic E-state index is 12.2. The molecule has 0 aromatic carbocycles. The van der Waals surface area contributed by atoms with E-state index in [9.17, 15) is 18.0 Å². The summed E-state index contributed by atoms with van der Waals surface area (Å²) in [6.45, 7) is 3.76. The number of likely N-dealkylation sites (tertiary alicyclic amines) is 1. The lowest BCUT2D eigenvalue weighted by Gasteiger charge is -2.17. The molecule has 1 heterocycles. The molecule has 108 valence electrons. The number of alkyl halides is 3. The van der Waals surface area contributed by atoms with Gasteiger partial charge in [0, 0.05) is 24.5 Å². The predicted octanol–water partition coefficient (Wildman–Crippen LogP) is 3.41. The summed E-state index contributed by atoms with van der Waals surface area (Å²) in [5, 5.41) is 0.0536. The largest absolute Gasteiger partial charge is 0.454 e. The summed E-state index contributed by atoms with van der Waals surface area (Å²) in [6, 6.07) is 0. The lowest BCUT2D eigenvalue weighted by Crippen LogP contribution is -2.20. The van der Waals surface area contributed by atoms with Gasteiger partial charge in [-0.15, -0.1) is 0 Å². The van der Waals surface area contributed by atoms with Crippen molar-refractivity contribution in [1.82, 2.24) is 4.90 Å². The normalized spacial score (nSPS) is 19.2. The van der Waals surface area contributed by atoms with Crippen LogP contribution in [0.4, 0.5) is 13.2 Å². The van der Waals surface area contributed by atoms with E-state index in [1.165, 1.54) is 17.8 Å². The van der Waals surface area contributed by atoms with Gasteiger partial charge in [-0.1, -0.05) is 6.08 Å². The maximum absolute atomic E-state index is 12.2. The van der Waals surface area contributed by atoms with Crippen LogP contribution in [0, 0.1) is 0 Å². The van der Waals surface area contributed by atoms with Crippen LogP contribution in [0.1, 0.15) is 19.8 Å². The zero-order valence-corrected chi connectivity index (χ0v) is 11.9. The molecule has 0 aromatic rings. The first-order valence-corrected chi connectivity index (χ1v) is 7.41. The fourth-order valence-corrected chi connectivity index (χ4v) is 2.18. The zero-order valence-electron chi connectivity index (χ0n) is 11.0. The third-order valence-electron chi connectivity index (χ3n) is 3.00. The van der Waals surface area contributed by atoms with Crippen molar-refractivity contribution in [2.75, 3.05) is 19.3 Å². The number of ketones is 1. The van der Waals surface area contributed by atoms with Gasteiger partial charge < -0.3 is 4.90 Å². The number of carbonyl (C=O) groups excluding carboxylic acids is 1. The zero-order chi connectivity index (χ0) is 14.5. The van der Waals surface area contributed by atoms with Crippen LogP contribution >= 0.6 is 11.8 Å². The molecule has 1 atom stereocenters. The van der Waals surface area contributed by atoms with Gasteiger partial charge in [-0.05, 0) is 37.7 Å². The standard InChI is InChI=1S/C13H18F3NOS/c1-10(19-2)11(9-17-7-3-4-8-17)5-6-12(18)13(14,15)16/h5-6,9-10H,3-4,7-8H2,1-2H3/b6-5-,11-9-. The van der Waals surface area contributed by atoms with E-state index in [1.807, 2.05) is 19.4 Å². The van der Waals surface area contributed by atoms with Gasteiger partial charge in [0.1, 0.15) is 0 Å². The Morgan fingerprint density at radius 1 is 1.26 bits per heavy atom. The van der Waals surface area contributed by atoms with Crippen molar-refractivity contribution in [3.63, 3.8) is 0 Å². The number of allylic oxidation sites excluding steroid dienone is 2. The van der Waals surface area contributed by atoms with E-state index in [1.54, 1.807) is 0 Å². The van der Waals surface area contributed by atoms with Crippen molar-refractivity contribution in [2.45, 2.75) is 31.2 Å². The topological polar surface area (TPSA) is 20.3 Å². The van der Waals surface area contributed by atoms with Crippen LogP contribution in [-0.2, 0) is 4.79 Å². The number of rotatable bonds is 5. The maximum Gasteiger partial charge on any atom is 0.454 e. The molecule has 1 aliphatic rings. The number of nitrogens with zero attached hydrogens (tertiary/aromatic N) is 1. The molecule has 1 fully saturated rings. The smallest absolute Gasteiger partial charge is 0.377 e. The molecule has 2 nitrogen and oxygen atoms in total. The molecule has 6 heteroatoms. The van der Waals surface area contributed by atoms with Crippen LogP contribution in [0.25, 0.3) is 0 Å². The summed E-state index contributed by atoms with van der Waals surface area (Å²) in [5.74, 6) is -1.81. The molecule has 0 amide bonds. The molecule has 0 bridgehead atoms. The summed E-state index contributed by atoms with van der Waals surface area (Å²) in [6.07, 6.45) is 3.07. The highest BCUT2D eigenvalue weighted by Crippen LogP contribution is 2.22. The Hall–Kier alpha value is -0.910. The first-order valence-electron chi connectivity index (χ1n) is 6.12. The second-order valence-electron chi connectivity index (χ2n) is 4.45. The van der Waals surface area contributed by atoms with Crippen LogP contribution in [0.3, 0.4) is 0 Å². The minimum absolute atomic E-state index is 0.0536. The number of halogens is 3. The third kappa shape index (κ3) is 5.30. The molecule has 0 radical (unpaired) electrons. The quantitative estimate of drug-likeness (QED) is 0.572. The summed E-state index contributed by atoms with van der Waals surface area (Å²) >= 11 is 1.54. The average Bonchev–Trinajstić information content (AvgIpc) is 2.84. The Bertz CT molecular complexity index is 371. The molecule has 0 N–H and O–H groups in total. The third-order valence-corrected chi connectivity index (χ3v) is 3.98. The highest BCUT2D eigenvalue weighted by atomic mass is 32.2. The lowest BCUT2D eigenvalue weighted by molar-refractivity contribution is -0.165. The van der Waals surface area contributed by atoms with E-state index in [0.717, 1.165) is 31.5 Å². The molecule has 1 aliphatic heterocycles. The van der Waals surface area contributed by atoms with Gasteiger partial charge in [-0.2, -0.15) is 24.9 Å². The lowest BCUT2D eigenvalue weighted by atomic mass is 10.1. The summed E-state index contributed by atoms with van der Waals surface area (Å²) in [7, 11) is 0. The predicted molar refractivity (Wildman–Crippen MR) is 72.1 cm³/mol. The second kappa shape index (κ2) is 7.03. The highest BCUT2D eigenvalue weighted by molar-refractivity contribution is 7.99. The Morgan fingerprint density at radius 2 is 1.84 bits per heavy atom. The van der Waals surface area contributed by atoms with E-state index in [-0.39, 0.29) is 5.25 Å². The van der Waals surface area contributed by atoms with Crippen molar-refractivity contribution in [1.29, 1.82) is 0 Å². The van der Waals surface area contributed by atoms with Crippen molar-refractivity contribution >= 4 is 17.5 Å². The summed E-state index contributed by atoms with van der Waals surface area (Å²) in [4.78, 5) is 12.9. The number of carbonyl (C=O) groups is 1. The van der Waals surface area contributed by atoms with E-state index < -0.39 is 12.0 Å². The molecule has 1 saturated heterocycles. The molecule has 1 rings (SSSR count). The molecular weight excluding hydrogens is 275 g/mol. The van der Waals surface area contributed by atoms with E-state index in [4.69, 9.17) is 0 Å². The van der Waals surface area contributed by atoms with Gasteiger partial charge in [0.15, 0.2) is 0 Å². The van der Waals surface area contributed by atoms with E-state index in [2.05, 4.69) is 4.90 Å². The van der Waals surface area contributed by atoms with E-state index in [0.29, 0.717) is 6.08 Å². The van der Waals surface area contributed by atoms with Gasteiger partial charge in [-0.25, -0.2) is 0 Å². The highest BCUT2D eigenvalue weighted by Gasteiger charge is 2.36. The van der Waals surface area contributed by atoms with Crippen LogP contribution in [0.2, 0.25) is 0 Å². The van der Waals surface area contributed by atoms with Crippen molar-refractivity contribution < 1.29 is 18.0 Å². The minimum Gasteiger partial charge on any atom is -0.377 e. The SMILES string of the molecule is CSC(C)C(/C=C\C(=O)C(F)(F)F)=C\N1CCCC1. The fraction of sp³-hybridized carbons (Fsp3) is 0.615. The molecule has 0 saturated carbocycles. The molecule has 0 aliphatic carbocycles. The van der Waals surface area contributed by atoms with Crippen molar-refractivity contribution in [3.8, 4) is 0 Å². The molecule has 0 aromatic heterocycles. The molecular formula is C13H18F3NOS. The number of thioether (sulfide) groups is 1. The summed E-state index contributed by atoms with van der Waals surface area (Å²) in [5.41, 5.74) is 0.743. The van der Waals surface area contributed by atoms with E-state index >= 15 is 0 Å². The van der Waals surface area contributed by atoms with Gasteiger partial charge in [0.2, 0.25) is 0 Å². The molecule has 1 unspecified atom stereocenters. The first-order chi connectivity index (χ1) is 8.84. The van der Waals surface area contributed by atoms with Gasteiger partial charge in [0.05, 0.1) is 0 Å². The van der Waals surface area contributed by atoms with Gasteiger partial charge in [-0.3, -0.25) is 4.79 Å². The van der Waals surface area contributed by atoms with Gasteiger partial charge >= 0.3 is 6.18 Å². The van der Waals surface area contributed by atoms with Crippen LogP contribution < -0.4 is 0 Å².